The van der Waals surface area contributed by atoms with Crippen molar-refractivity contribution in [2.24, 2.45) is 11.8 Å². The molecule has 2 saturated carbocycles. The van der Waals surface area contributed by atoms with Crippen LogP contribution in [0.5, 0.6) is 0 Å². The first-order chi connectivity index (χ1) is 10.8. The molecule has 0 aromatic carbocycles. The van der Waals surface area contributed by atoms with E-state index in [9.17, 15) is 18.0 Å². The van der Waals surface area contributed by atoms with Gasteiger partial charge in [0, 0.05) is 30.8 Å². The first-order valence-corrected chi connectivity index (χ1v) is 7.18. The van der Waals surface area contributed by atoms with Gasteiger partial charge >= 0.3 is 6.18 Å². The lowest BCUT2D eigenvalue weighted by molar-refractivity contribution is -0.137. The number of aromatic nitrogens is 3. The summed E-state index contributed by atoms with van der Waals surface area (Å²) in [7, 11) is 0. The molecular formula is C15H15F3N4O. The highest BCUT2D eigenvalue weighted by Gasteiger charge is 2.45. The van der Waals surface area contributed by atoms with Crippen LogP contribution in [0, 0.1) is 11.8 Å². The zero-order chi connectivity index (χ0) is 16.6. The molecule has 2 fully saturated rings. The van der Waals surface area contributed by atoms with Crippen LogP contribution in [0.15, 0.2) is 24.5 Å². The number of carbonyl (C=O) groups excluding carboxylic acids is 1. The number of anilines is 1. The van der Waals surface area contributed by atoms with Gasteiger partial charge in [-0.3, -0.25) is 9.89 Å². The highest BCUT2D eigenvalue weighted by molar-refractivity contribution is 5.82. The second-order valence-corrected chi connectivity index (χ2v) is 5.83. The van der Waals surface area contributed by atoms with Gasteiger partial charge in [-0.2, -0.15) is 18.3 Å². The number of halogens is 3. The zero-order valence-corrected chi connectivity index (χ0v) is 12.1. The van der Waals surface area contributed by atoms with Gasteiger partial charge in [0.1, 0.15) is 11.6 Å². The summed E-state index contributed by atoms with van der Waals surface area (Å²) in [6.45, 7) is 0. The molecule has 2 aliphatic rings. The lowest BCUT2D eigenvalue weighted by atomic mass is 10.1. The molecule has 3 N–H and O–H groups in total. The molecule has 122 valence electrons. The fourth-order valence-corrected chi connectivity index (χ4v) is 2.74. The maximum absolute atomic E-state index is 12.5. The minimum atomic E-state index is -4.51. The molecule has 2 aliphatic carbocycles. The summed E-state index contributed by atoms with van der Waals surface area (Å²) in [5.41, 5.74) is 4.97. The summed E-state index contributed by atoms with van der Waals surface area (Å²) >= 11 is 0. The quantitative estimate of drug-likeness (QED) is 0.844. The fourth-order valence-electron chi connectivity index (χ4n) is 2.74. The first-order valence-electron chi connectivity index (χ1n) is 7.18. The molecule has 2 aromatic rings. The van der Waals surface area contributed by atoms with Gasteiger partial charge in [0.2, 0.25) is 0 Å². The number of nitrogens with zero attached hydrogens (tertiary/aromatic N) is 2. The van der Waals surface area contributed by atoms with Crippen LogP contribution in [0.25, 0.3) is 11.3 Å². The van der Waals surface area contributed by atoms with Crippen molar-refractivity contribution < 1.29 is 18.0 Å². The van der Waals surface area contributed by atoms with Crippen molar-refractivity contribution in [2.75, 3.05) is 5.73 Å². The van der Waals surface area contributed by atoms with E-state index in [1.807, 2.05) is 0 Å². The summed E-state index contributed by atoms with van der Waals surface area (Å²) in [5.74, 6) is 1.65. The smallest absolute Gasteiger partial charge is 0.383 e. The van der Waals surface area contributed by atoms with Crippen LogP contribution in [0.1, 0.15) is 24.8 Å². The number of ketones is 1. The molecular weight excluding hydrogens is 309 g/mol. The minimum absolute atomic E-state index is 0.291. The summed E-state index contributed by atoms with van der Waals surface area (Å²) in [5, 5.41) is 6.20. The number of pyridine rings is 1. The van der Waals surface area contributed by atoms with E-state index in [0.717, 1.165) is 30.7 Å². The number of carbonyl (C=O) groups is 1. The molecule has 0 bridgehead atoms. The van der Waals surface area contributed by atoms with Crippen LogP contribution < -0.4 is 5.73 Å². The van der Waals surface area contributed by atoms with E-state index in [2.05, 4.69) is 15.2 Å². The topological polar surface area (TPSA) is 84.7 Å². The van der Waals surface area contributed by atoms with Crippen LogP contribution >= 0.6 is 0 Å². The number of aromatic amines is 1. The molecule has 4 rings (SSSR count). The maximum Gasteiger partial charge on any atom is 0.419 e. The third-order valence-corrected chi connectivity index (χ3v) is 4.08. The van der Waals surface area contributed by atoms with E-state index in [4.69, 9.17) is 5.73 Å². The molecule has 0 aliphatic heterocycles. The Hall–Kier alpha value is -2.38. The SMILES string of the molecule is Nc1ncc(-c2ccn[nH]2)cc1C(F)(F)F.O=C1CC2CC2C1. The van der Waals surface area contributed by atoms with Gasteiger partial charge in [0.25, 0.3) is 0 Å². The van der Waals surface area contributed by atoms with E-state index < -0.39 is 17.6 Å². The molecule has 0 saturated heterocycles. The van der Waals surface area contributed by atoms with Crippen molar-refractivity contribution in [3.8, 4) is 11.3 Å². The molecule has 2 aromatic heterocycles. The summed E-state index contributed by atoms with van der Waals surface area (Å²) < 4.78 is 37.6. The summed E-state index contributed by atoms with van der Waals surface area (Å²) in [6.07, 6.45) is 1.37. The zero-order valence-electron chi connectivity index (χ0n) is 12.1. The van der Waals surface area contributed by atoms with Gasteiger partial charge in [-0.15, -0.1) is 0 Å². The summed E-state index contributed by atoms with van der Waals surface area (Å²) in [4.78, 5) is 14.0. The van der Waals surface area contributed by atoms with E-state index in [-0.39, 0.29) is 0 Å². The van der Waals surface area contributed by atoms with E-state index in [1.165, 1.54) is 18.8 Å². The molecule has 2 atom stereocenters. The fraction of sp³-hybridized carbons (Fsp3) is 0.400. The lowest BCUT2D eigenvalue weighted by Crippen LogP contribution is -2.10. The van der Waals surface area contributed by atoms with Gasteiger partial charge in [0.15, 0.2) is 0 Å². The van der Waals surface area contributed by atoms with Crippen LogP contribution in [0.3, 0.4) is 0 Å². The highest BCUT2D eigenvalue weighted by Crippen LogP contribution is 2.49. The molecule has 2 heterocycles. The minimum Gasteiger partial charge on any atom is -0.383 e. The van der Waals surface area contributed by atoms with Crippen LogP contribution in [-0.4, -0.2) is 21.0 Å². The van der Waals surface area contributed by atoms with Crippen molar-refractivity contribution in [3.05, 3.63) is 30.1 Å². The lowest BCUT2D eigenvalue weighted by Gasteiger charge is -2.09. The number of nitrogens with two attached hydrogens (primary N) is 1. The van der Waals surface area contributed by atoms with Crippen molar-refractivity contribution in [2.45, 2.75) is 25.4 Å². The maximum atomic E-state index is 12.5. The number of H-pyrrole nitrogens is 1. The van der Waals surface area contributed by atoms with Gasteiger partial charge in [-0.25, -0.2) is 4.98 Å². The number of hydrogen-bond acceptors (Lipinski definition) is 4. The number of rotatable bonds is 1. The number of nitrogen functional groups attached to an aromatic ring is 1. The van der Waals surface area contributed by atoms with Crippen molar-refractivity contribution >= 4 is 11.6 Å². The Labute approximate surface area is 130 Å². The van der Waals surface area contributed by atoms with Crippen LogP contribution in [0.2, 0.25) is 0 Å². The Kier molecular flexibility index (Phi) is 3.83. The largest absolute Gasteiger partial charge is 0.419 e. The van der Waals surface area contributed by atoms with E-state index in [0.29, 0.717) is 17.0 Å². The third-order valence-electron chi connectivity index (χ3n) is 4.08. The number of hydrogen-bond donors (Lipinski definition) is 2. The van der Waals surface area contributed by atoms with E-state index >= 15 is 0 Å². The molecule has 8 heteroatoms. The van der Waals surface area contributed by atoms with Gasteiger partial charge < -0.3 is 5.73 Å². The Balaban J connectivity index is 0.000000183. The Bertz CT molecular complexity index is 700. The summed E-state index contributed by atoms with van der Waals surface area (Å²) in [6, 6.07) is 2.49. The number of fused-ring (bicyclic) bond motifs is 1. The van der Waals surface area contributed by atoms with Gasteiger partial charge in [-0.05, 0) is 30.4 Å². The second-order valence-electron chi connectivity index (χ2n) is 5.83. The van der Waals surface area contributed by atoms with Crippen LogP contribution in [-0.2, 0) is 11.0 Å². The van der Waals surface area contributed by atoms with Gasteiger partial charge in [-0.1, -0.05) is 0 Å². The molecule has 0 radical (unpaired) electrons. The molecule has 2 unspecified atom stereocenters. The standard InChI is InChI=1S/C9H7F3N4.C6H8O/c10-9(11,12)6-3-5(4-14-8(6)13)7-1-2-15-16-7;7-6-2-4-1-5(4)3-6/h1-4H,(H2,13,14)(H,15,16);4-5H,1-3H2. The second kappa shape index (κ2) is 5.68. The Morgan fingerprint density at radius 2 is 1.96 bits per heavy atom. The predicted octanol–water partition coefficient (Wildman–Crippen LogP) is 3.06. The third kappa shape index (κ3) is 3.52. The molecule has 0 amide bonds. The van der Waals surface area contributed by atoms with Crippen molar-refractivity contribution in [1.29, 1.82) is 0 Å². The van der Waals surface area contributed by atoms with Crippen molar-refractivity contribution in [1.82, 2.24) is 15.2 Å². The normalized spacial score (nSPS) is 22.3. The molecule has 23 heavy (non-hydrogen) atoms. The Morgan fingerprint density at radius 1 is 1.26 bits per heavy atom. The average Bonchev–Trinajstić information content (AvgIpc) is 2.92. The van der Waals surface area contributed by atoms with E-state index in [1.54, 1.807) is 6.07 Å². The van der Waals surface area contributed by atoms with Crippen molar-refractivity contribution in [3.63, 3.8) is 0 Å². The number of Topliss-reactive ketones (excluding diaryl/α,β-unsaturated/α-hetero) is 1. The highest BCUT2D eigenvalue weighted by atomic mass is 19.4. The number of nitrogens with one attached hydrogen (secondary N) is 1. The predicted molar refractivity (Wildman–Crippen MR) is 77.1 cm³/mol. The monoisotopic (exact) mass is 324 g/mol. The first kappa shape index (κ1) is 15.5. The van der Waals surface area contributed by atoms with Gasteiger partial charge in [0.05, 0.1) is 11.3 Å². The molecule has 0 spiro atoms. The Morgan fingerprint density at radius 3 is 2.43 bits per heavy atom. The van der Waals surface area contributed by atoms with Crippen LogP contribution in [0.4, 0.5) is 19.0 Å². The average molecular weight is 324 g/mol. The number of alkyl halides is 3. The molecule has 5 nitrogen and oxygen atoms in total.